The van der Waals surface area contributed by atoms with Gasteiger partial charge in [-0.25, -0.2) is 0 Å². The fraction of sp³-hybridized carbons (Fsp3) is 0.417. The summed E-state index contributed by atoms with van der Waals surface area (Å²) in [4.78, 5) is 31.8. The number of rotatable bonds is 4. The van der Waals surface area contributed by atoms with E-state index in [-0.39, 0.29) is 6.54 Å². The number of hydrogen-bond donors (Lipinski definition) is 4. The number of piperazine rings is 1. The van der Waals surface area contributed by atoms with E-state index in [2.05, 4.69) is 5.32 Å². The molecule has 0 saturated carbocycles. The van der Waals surface area contributed by atoms with Crippen molar-refractivity contribution in [2.45, 2.75) is 11.8 Å². The van der Waals surface area contributed by atoms with Crippen LogP contribution >= 0.6 is 7.60 Å². The van der Waals surface area contributed by atoms with Crippen LogP contribution in [0.3, 0.4) is 0 Å². The zero-order valence-corrected chi connectivity index (χ0v) is 11.6. The third kappa shape index (κ3) is 3.45. The van der Waals surface area contributed by atoms with E-state index < -0.39 is 25.4 Å². The molecule has 4 N–H and O–H groups in total. The predicted octanol–water partition coefficient (Wildman–Crippen LogP) is 0.221. The Bertz CT molecular complexity index is 518. The molecule has 7 nitrogen and oxygen atoms in total. The molecule has 2 atom stereocenters. The van der Waals surface area contributed by atoms with Gasteiger partial charge in [0.2, 0.25) is 0 Å². The van der Waals surface area contributed by atoms with Gasteiger partial charge in [-0.2, -0.15) is 0 Å². The van der Waals surface area contributed by atoms with Crippen LogP contribution in [0.2, 0.25) is 0 Å². The summed E-state index contributed by atoms with van der Waals surface area (Å²) < 4.78 is 11.8. The summed E-state index contributed by atoms with van der Waals surface area (Å²) in [5.41, 5.74) is 0.492. The summed E-state index contributed by atoms with van der Waals surface area (Å²) >= 11 is 0. The van der Waals surface area contributed by atoms with E-state index in [1.54, 1.807) is 30.3 Å². The maximum atomic E-state index is 11.8. The zero-order chi connectivity index (χ0) is 14.8. The largest absolute Gasteiger partial charge is 0.480 e. The highest BCUT2D eigenvalue weighted by molar-refractivity contribution is 7.52. The van der Waals surface area contributed by atoms with Crippen molar-refractivity contribution in [3.63, 3.8) is 0 Å². The number of carboxylic acids is 1. The first-order chi connectivity index (χ1) is 9.39. The molecular formula is C12H17N2O5P. The first-order valence-corrected chi connectivity index (χ1v) is 7.88. The van der Waals surface area contributed by atoms with Gasteiger partial charge in [-0.05, 0) is 5.56 Å². The molecule has 1 aromatic rings. The van der Waals surface area contributed by atoms with Crippen molar-refractivity contribution in [2.75, 3.05) is 19.6 Å². The number of aliphatic carboxylic acids is 1. The fourth-order valence-corrected chi connectivity index (χ4v) is 3.60. The molecule has 0 amide bonds. The van der Waals surface area contributed by atoms with Crippen molar-refractivity contribution in [1.82, 2.24) is 10.2 Å². The molecule has 1 unspecified atom stereocenters. The van der Waals surface area contributed by atoms with E-state index in [9.17, 15) is 19.1 Å². The van der Waals surface area contributed by atoms with E-state index in [0.717, 1.165) is 0 Å². The van der Waals surface area contributed by atoms with Crippen LogP contribution in [0.5, 0.6) is 0 Å². The molecule has 1 aliphatic rings. The summed E-state index contributed by atoms with van der Waals surface area (Å²) in [6, 6.07) is 7.63. The Hall–Kier alpha value is -1.24. The quantitative estimate of drug-likeness (QED) is 0.589. The minimum absolute atomic E-state index is 0.0556. The fourth-order valence-electron chi connectivity index (χ4n) is 2.40. The SMILES string of the molecule is O=C(O)[C@H]1CN(C(c2ccccc2)P(=O)(O)O)CCN1. The van der Waals surface area contributed by atoms with Crippen LogP contribution in [-0.2, 0) is 9.36 Å². The third-order valence-corrected chi connectivity index (χ3v) is 4.53. The highest BCUT2D eigenvalue weighted by Gasteiger charge is 2.39. The van der Waals surface area contributed by atoms with Crippen molar-refractivity contribution in [3.05, 3.63) is 35.9 Å². The van der Waals surface area contributed by atoms with E-state index in [1.165, 1.54) is 4.90 Å². The van der Waals surface area contributed by atoms with Crippen LogP contribution in [-0.4, -0.2) is 51.4 Å². The number of hydrogen-bond acceptors (Lipinski definition) is 4. The maximum absolute atomic E-state index is 11.8. The van der Waals surface area contributed by atoms with Crippen LogP contribution in [0, 0.1) is 0 Å². The van der Waals surface area contributed by atoms with Gasteiger partial charge in [-0.15, -0.1) is 0 Å². The van der Waals surface area contributed by atoms with Gasteiger partial charge in [0.15, 0.2) is 0 Å². The van der Waals surface area contributed by atoms with Gasteiger partial charge in [0, 0.05) is 19.6 Å². The molecule has 0 aromatic heterocycles. The molecule has 1 heterocycles. The van der Waals surface area contributed by atoms with E-state index in [0.29, 0.717) is 18.7 Å². The Balaban J connectivity index is 2.28. The van der Waals surface area contributed by atoms with Crippen molar-refractivity contribution in [1.29, 1.82) is 0 Å². The summed E-state index contributed by atoms with van der Waals surface area (Å²) in [5, 5.41) is 11.8. The van der Waals surface area contributed by atoms with Crippen LogP contribution in [0.25, 0.3) is 0 Å². The Morgan fingerprint density at radius 2 is 2.00 bits per heavy atom. The molecule has 8 heteroatoms. The van der Waals surface area contributed by atoms with Gasteiger partial charge in [0.25, 0.3) is 0 Å². The minimum atomic E-state index is -4.42. The molecule has 110 valence electrons. The number of nitrogens with zero attached hydrogens (tertiary/aromatic N) is 1. The maximum Gasteiger partial charge on any atom is 0.347 e. The lowest BCUT2D eigenvalue weighted by Crippen LogP contribution is -2.54. The summed E-state index contributed by atoms with van der Waals surface area (Å²) in [6.45, 7) is 0.814. The molecule has 1 fully saturated rings. The summed E-state index contributed by atoms with van der Waals surface area (Å²) in [5.74, 6) is -2.13. The third-order valence-electron chi connectivity index (χ3n) is 3.27. The highest BCUT2D eigenvalue weighted by atomic mass is 31.2. The smallest absolute Gasteiger partial charge is 0.347 e. The molecule has 0 spiro atoms. The van der Waals surface area contributed by atoms with E-state index in [1.807, 2.05) is 0 Å². The lowest BCUT2D eigenvalue weighted by atomic mass is 10.1. The number of carbonyl (C=O) groups is 1. The second kappa shape index (κ2) is 6.03. The first-order valence-electron chi connectivity index (χ1n) is 6.20. The lowest BCUT2D eigenvalue weighted by molar-refractivity contribution is -0.140. The monoisotopic (exact) mass is 300 g/mol. The average molecular weight is 300 g/mol. The molecule has 1 aromatic carbocycles. The Morgan fingerprint density at radius 1 is 1.35 bits per heavy atom. The molecule has 0 bridgehead atoms. The second-order valence-electron chi connectivity index (χ2n) is 4.71. The average Bonchev–Trinajstić information content (AvgIpc) is 2.39. The molecule has 1 saturated heterocycles. The van der Waals surface area contributed by atoms with Crippen molar-refractivity contribution < 1.29 is 24.3 Å². The number of benzene rings is 1. The minimum Gasteiger partial charge on any atom is -0.480 e. The number of nitrogens with one attached hydrogen (secondary N) is 1. The first kappa shape index (κ1) is 15.2. The molecule has 0 radical (unpaired) electrons. The molecule has 1 aliphatic heterocycles. The topological polar surface area (TPSA) is 110 Å². The Labute approximate surface area is 116 Å². The van der Waals surface area contributed by atoms with E-state index >= 15 is 0 Å². The normalized spacial score (nSPS) is 22.4. The Morgan fingerprint density at radius 3 is 2.55 bits per heavy atom. The van der Waals surface area contributed by atoms with E-state index in [4.69, 9.17) is 5.11 Å². The lowest BCUT2D eigenvalue weighted by Gasteiger charge is -2.37. The summed E-state index contributed by atoms with van der Waals surface area (Å²) in [7, 11) is -4.42. The van der Waals surface area contributed by atoms with Crippen LogP contribution in [0.15, 0.2) is 30.3 Å². The zero-order valence-electron chi connectivity index (χ0n) is 10.7. The molecule has 0 aliphatic carbocycles. The Kier molecular flexibility index (Phi) is 4.57. The second-order valence-corrected chi connectivity index (χ2v) is 6.38. The highest BCUT2D eigenvalue weighted by Crippen LogP contribution is 2.53. The van der Waals surface area contributed by atoms with Crippen LogP contribution in [0.1, 0.15) is 11.3 Å². The summed E-state index contributed by atoms with van der Waals surface area (Å²) in [6.07, 6.45) is 0. The predicted molar refractivity (Wildman–Crippen MR) is 72.2 cm³/mol. The van der Waals surface area contributed by atoms with Gasteiger partial charge < -0.3 is 20.2 Å². The van der Waals surface area contributed by atoms with Gasteiger partial charge in [0.05, 0.1) is 0 Å². The van der Waals surface area contributed by atoms with Gasteiger partial charge in [-0.1, -0.05) is 30.3 Å². The van der Waals surface area contributed by atoms with Crippen LogP contribution in [0.4, 0.5) is 0 Å². The van der Waals surface area contributed by atoms with Crippen molar-refractivity contribution in [2.24, 2.45) is 0 Å². The molecular weight excluding hydrogens is 283 g/mol. The molecule has 2 rings (SSSR count). The van der Waals surface area contributed by atoms with Crippen molar-refractivity contribution in [3.8, 4) is 0 Å². The van der Waals surface area contributed by atoms with Gasteiger partial charge in [0.1, 0.15) is 11.8 Å². The standard InChI is InChI=1S/C12H17N2O5P/c15-12(16)10-8-14(7-6-13-10)11(20(17,18)19)9-4-2-1-3-5-9/h1-5,10-11,13H,6-8H2,(H,15,16)(H2,17,18,19)/t10-,11?/m1/s1. The van der Waals surface area contributed by atoms with Gasteiger partial charge in [-0.3, -0.25) is 14.3 Å². The molecule has 20 heavy (non-hydrogen) atoms. The number of carboxylic acid groups (broad SMARTS) is 1. The van der Waals surface area contributed by atoms with Gasteiger partial charge >= 0.3 is 13.6 Å². The van der Waals surface area contributed by atoms with Crippen molar-refractivity contribution >= 4 is 13.6 Å². The van der Waals surface area contributed by atoms with Crippen LogP contribution < -0.4 is 5.32 Å².